The zero-order valence-corrected chi connectivity index (χ0v) is 14.7. The molecule has 122 valence electrons. The molecule has 0 unspecified atom stereocenters. The summed E-state index contributed by atoms with van der Waals surface area (Å²) >= 11 is 3.49. The molecule has 0 spiro atoms. The summed E-state index contributed by atoms with van der Waals surface area (Å²) in [5, 5.41) is 1.07. The summed E-state index contributed by atoms with van der Waals surface area (Å²) in [6.07, 6.45) is 4.26. The molecule has 0 aliphatic carbocycles. The predicted molar refractivity (Wildman–Crippen MR) is 94.9 cm³/mol. The number of piperazine rings is 1. The first-order valence-electron chi connectivity index (χ1n) is 8.29. The molecule has 0 atom stereocenters. The van der Waals surface area contributed by atoms with Crippen LogP contribution in [0.15, 0.2) is 28.9 Å². The Morgan fingerprint density at radius 1 is 1.09 bits per heavy atom. The van der Waals surface area contributed by atoms with Crippen LogP contribution in [0.2, 0.25) is 0 Å². The number of ether oxygens (including phenoxy) is 1. The molecule has 6 heteroatoms. The normalized spacial score (nSPS) is 21.0. The third-order valence-corrected chi connectivity index (χ3v) is 5.33. The number of halogens is 1. The minimum atomic E-state index is 0.695. The standard InChI is InChI=1S/C17H21BrN4O/c18-14-1-2-16-13(11-14)12-19-17(20-16)22-7-5-21(6-8-22)15-3-9-23-10-4-15/h1-2,11-12,15H,3-10H2. The van der Waals surface area contributed by atoms with Crippen molar-refractivity contribution in [3.8, 4) is 0 Å². The minimum absolute atomic E-state index is 0.695. The summed E-state index contributed by atoms with van der Waals surface area (Å²) in [7, 11) is 0. The van der Waals surface area contributed by atoms with Gasteiger partial charge < -0.3 is 9.64 Å². The SMILES string of the molecule is Brc1ccc2nc(N3CCN(C4CCOCC4)CC3)ncc2c1. The summed E-state index contributed by atoms with van der Waals surface area (Å²) in [4.78, 5) is 14.2. The summed E-state index contributed by atoms with van der Waals surface area (Å²) < 4.78 is 6.53. The van der Waals surface area contributed by atoms with Crippen molar-refractivity contribution >= 4 is 32.8 Å². The Labute approximate surface area is 144 Å². The highest BCUT2D eigenvalue weighted by molar-refractivity contribution is 9.10. The largest absolute Gasteiger partial charge is 0.381 e. The summed E-state index contributed by atoms with van der Waals surface area (Å²) in [6, 6.07) is 6.83. The number of fused-ring (bicyclic) bond motifs is 1. The molecule has 2 aliphatic heterocycles. The molecule has 5 nitrogen and oxygen atoms in total. The van der Waals surface area contributed by atoms with E-state index in [4.69, 9.17) is 9.72 Å². The van der Waals surface area contributed by atoms with Crippen LogP contribution in [-0.2, 0) is 4.74 Å². The fourth-order valence-corrected chi connectivity index (χ4v) is 3.86. The monoisotopic (exact) mass is 376 g/mol. The molecule has 3 heterocycles. The van der Waals surface area contributed by atoms with E-state index >= 15 is 0 Å². The van der Waals surface area contributed by atoms with Crippen molar-refractivity contribution in [3.05, 3.63) is 28.9 Å². The molecule has 2 saturated heterocycles. The average molecular weight is 377 g/mol. The number of hydrogen-bond acceptors (Lipinski definition) is 5. The van der Waals surface area contributed by atoms with E-state index in [9.17, 15) is 0 Å². The average Bonchev–Trinajstić information content (AvgIpc) is 2.62. The smallest absolute Gasteiger partial charge is 0.225 e. The maximum Gasteiger partial charge on any atom is 0.225 e. The van der Waals surface area contributed by atoms with Crippen LogP contribution in [0.5, 0.6) is 0 Å². The summed E-state index contributed by atoms with van der Waals surface area (Å²) in [5.74, 6) is 0.853. The first-order chi connectivity index (χ1) is 11.3. The zero-order valence-electron chi connectivity index (χ0n) is 13.1. The Balaban J connectivity index is 1.44. The molecule has 2 aromatic rings. The number of anilines is 1. The van der Waals surface area contributed by atoms with Crippen molar-refractivity contribution in [2.24, 2.45) is 0 Å². The second-order valence-corrected chi connectivity index (χ2v) is 7.16. The lowest BCUT2D eigenvalue weighted by molar-refractivity contribution is 0.0320. The highest BCUT2D eigenvalue weighted by atomic mass is 79.9. The molecule has 0 saturated carbocycles. The minimum Gasteiger partial charge on any atom is -0.381 e. The van der Waals surface area contributed by atoms with Gasteiger partial charge in [-0.05, 0) is 31.0 Å². The van der Waals surface area contributed by atoms with E-state index in [1.807, 2.05) is 18.3 Å². The van der Waals surface area contributed by atoms with Crippen molar-refractivity contribution in [2.45, 2.75) is 18.9 Å². The third-order valence-electron chi connectivity index (χ3n) is 4.83. The van der Waals surface area contributed by atoms with Gasteiger partial charge in [0, 0.05) is 61.5 Å². The van der Waals surface area contributed by atoms with E-state index in [0.29, 0.717) is 6.04 Å². The Bertz CT molecular complexity index is 681. The van der Waals surface area contributed by atoms with Crippen molar-refractivity contribution in [2.75, 3.05) is 44.3 Å². The first-order valence-corrected chi connectivity index (χ1v) is 9.08. The number of benzene rings is 1. The molecule has 0 amide bonds. The van der Waals surface area contributed by atoms with Crippen molar-refractivity contribution in [3.63, 3.8) is 0 Å². The molecule has 1 aromatic heterocycles. The maximum atomic E-state index is 5.47. The van der Waals surface area contributed by atoms with E-state index < -0.39 is 0 Å². The Morgan fingerprint density at radius 3 is 2.65 bits per heavy atom. The number of hydrogen-bond donors (Lipinski definition) is 0. The van der Waals surface area contributed by atoms with Gasteiger partial charge >= 0.3 is 0 Å². The summed E-state index contributed by atoms with van der Waals surface area (Å²) in [5.41, 5.74) is 1.00. The van der Waals surface area contributed by atoms with Gasteiger partial charge in [-0.25, -0.2) is 9.97 Å². The van der Waals surface area contributed by atoms with E-state index in [1.54, 1.807) is 0 Å². The second-order valence-electron chi connectivity index (χ2n) is 6.24. The van der Waals surface area contributed by atoms with Gasteiger partial charge in [0.25, 0.3) is 0 Å². The van der Waals surface area contributed by atoms with Crippen molar-refractivity contribution in [1.29, 1.82) is 0 Å². The molecule has 23 heavy (non-hydrogen) atoms. The van der Waals surface area contributed by atoms with Crippen LogP contribution in [0.4, 0.5) is 5.95 Å². The lowest BCUT2D eigenvalue weighted by Crippen LogP contribution is -2.52. The Kier molecular flexibility index (Phi) is 4.46. The van der Waals surface area contributed by atoms with Crippen LogP contribution >= 0.6 is 15.9 Å². The summed E-state index contributed by atoms with van der Waals surface area (Å²) in [6.45, 7) is 6.00. The Morgan fingerprint density at radius 2 is 1.87 bits per heavy atom. The maximum absolute atomic E-state index is 5.47. The van der Waals surface area contributed by atoms with E-state index in [2.05, 4.69) is 36.8 Å². The molecule has 2 aliphatic rings. The Hall–Kier alpha value is -1.24. The number of nitrogens with zero attached hydrogens (tertiary/aromatic N) is 4. The lowest BCUT2D eigenvalue weighted by Gasteiger charge is -2.40. The molecule has 1 aromatic carbocycles. The van der Waals surface area contributed by atoms with Gasteiger partial charge in [0.15, 0.2) is 0 Å². The van der Waals surface area contributed by atoms with Gasteiger partial charge in [0.05, 0.1) is 5.52 Å². The fourth-order valence-electron chi connectivity index (χ4n) is 3.48. The van der Waals surface area contributed by atoms with Crippen molar-refractivity contribution in [1.82, 2.24) is 14.9 Å². The van der Waals surface area contributed by atoms with E-state index in [0.717, 1.165) is 60.7 Å². The molecule has 2 fully saturated rings. The number of aromatic nitrogens is 2. The highest BCUT2D eigenvalue weighted by Crippen LogP contribution is 2.22. The molecule has 0 radical (unpaired) electrons. The predicted octanol–water partition coefficient (Wildman–Crippen LogP) is 2.69. The fraction of sp³-hybridized carbons (Fsp3) is 0.529. The molecule has 4 rings (SSSR count). The van der Waals surface area contributed by atoms with Crippen LogP contribution in [-0.4, -0.2) is 60.3 Å². The number of rotatable bonds is 2. The van der Waals surface area contributed by atoms with Gasteiger partial charge in [-0.1, -0.05) is 15.9 Å². The van der Waals surface area contributed by atoms with Crippen LogP contribution in [0.3, 0.4) is 0 Å². The quantitative estimate of drug-likeness (QED) is 0.805. The molecular weight excluding hydrogens is 356 g/mol. The van der Waals surface area contributed by atoms with E-state index in [-0.39, 0.29) is 0 Å². The van der Waals surface area contributed by atoms with E-state index in [1.165, 1.54) is 12.8 Å². The van der Waals surface area contributed by atoms with Gasteiger partial charge in [-0.2, -0.15) is 0 Å². The molecule has 0 bridgehead atoms. The van der Waals surface area contributed by atoms with Crippen molar-refractivity contribution < 1.29 is 4.74 Å². The zero-order chi connectivity index (χ0) is 15.6. The first kappa shape index (κ1) is 15.3. The van der Waals surface area contributed by atoms with Crippen LogP contribution in [0, 0.1) is 0 Å². The van der Waals surface area contributed by atoms with Gasteiger partial charge in [0.2, 0.25) is 5.95 Å². The molecular formula is C17H21BrN4O. The van der Waals surface area contributed by atoms with Crippen LogP contribution in [0.25, 0.3) is 10.9 Å². The molecule has 0 N–H and O–H groups in total. The second kappa shape index (κ2) is 6.71. The van der Waals surface area contributed by atoms with Gasteiger partial charge in [-0.15, -0.1) is 0 Å². The third kappa shape index (κ3) is 3.34. The lowest BCUT2D eigenvalue weighted by atomic mass is 10.1. The van der Waals surface area contributed by atoms with Gasteiger partial charge in [0.1, 0.15) is 0 Å². The van der Waals surface area contributed by atoms with Gasteiger partial charge in [-0.3, -0.25) is 4.90 Å². The highest BCUT2D eigenvalue weighted by Gasteiger charge is 2.26. The van der Waals surface area contributed by atoms with Crippen LogP contribution < -0.4 is 4.90 Å². The topological polar surface area (TPSA) is 41.5 Å². The van der Waals surface area contributed by atoms with Crippen LogP contribution in [0.1, 0.15) is 12.8 Å².